The Morgan fingerprint density at radius 2 is 2.05 bits per heavy atom. The molecule has 1 saturated heterocycles. The molecule has 2 fully saturated rings. The molecule has 1 saturated carbocycles. The van der Waals surface area contributed by atoms with Crippen molar-refractivity contribution in [2.24, 2.45) is 11.8 Å². The van der Waals surface area contributed by atoms with Gasteiger partial charge in [0.15, 0.2) is 0 Å². The van der Waals surface area contributed by atoms with Gasteiger partial charge in [-0.2, -0.15) is 11.8 Å². The summed E-state index contributed by atoms with van der Waals surface area (Å²) in [5, 5.41) is 9.39. The van der Waals surface area contributed by atoms with E-state index in [1.807, 2.05) is 13.2 Å². The highest BCUT2D eigenvalue weighted by Crippen LogP contribution is 2.40. The molecule has 4 atom stereocenters. The molecule has 0 aromatic carbocycles. The molecule has 4 nitrogen and oxygen atoms in total. The quantitative estimate of drug-likeness (QED) is 0.860. The summed E-state index contributed by atoms with van der Waals surface area (Å²) in [6.45, 7) is 1.91. The lowest BCUT2D eigenvalue weighted by Crippen LogP contribution is -2.48. The fourth-order valence-electron chi connectivity index (χ4n) is 3.57. The highest BCUT2D eigenvalue weighted by atomic mass is 32.2. The van der Waals surface area contributed by atoms with Crippen molar-refractivity contribution in [3.05, 3.63) is 0 Å². The first-order valence-electron chi connectivity index (χ1n) is 7.10. The largest absolute Gasteiger partial charge is 0.480 e. The van der Waals surface area contributed by atoms with Gasteiger partial charge in [0.2, 0.25) is 5.91 Å². The summed E-state index contributed by atoms with van der Waals surface area (Å²) in [5.41, 5.74) is 0. The molecule has 0 aromatic rings. The Kier molecular flexibility index (Phi) is 4.76. The van der Waals surface area contributed by atoms with Crippen LogP contribution < -0.4 is 0 Å². The SMILES string of the molecule is CSC[C@H](C)C(=O)N1[C@H](C(=O)O)C[C@H]2CCCC[C@@H]21. The molecule has 108 valence electrons. The Morgan fingerprint density at radius 3 is 2.68 bits per heavy atom. The first kappa shape index (κ1) is 14.7. The van der Waals surface area contributed by atoms with Gasteiger partial charge in [-0.25, -0.2) is 4.79 Å². The second kappa shape index (κ2) is 6.16. The highest BCUT2D eigenvalue weighted by molar-refractivity contribution is 7.98. The van der Waals surface area contributed by atoms with Gasteiger partial charge in [-0.3, -0.25) is 4.79 Å². The van der Waals surface area contributed by atoms with Crippen molar-refractivity contribution >= 4 is 23.6 Å². The van der Waals surface area contributed by atoms with Crippen LogP contribution in [-0.2, 0) is 9.59 Å². The minimum atomic E-state index is -0.834. The number of hydrogen-bond acceptors (Lipinski definition) is 3. The minimum absolute atomic E-state index is 0.0381. The fraction of sp³-hybridized carbons (Fsp3) is 0.857. The predicted molar refractivity (Wildman–Crippen MR) is 76.2 cm³/mol. The van der Waals surface area contributed by atoms with Crippen LogP contribution in [0.1, 0.15) is 39.0 Å². The lowest BCUT2D eigenvalue weighted by molar-refractivity contribution is -0.151. The summed E-state index contributed by atoms with van der Waals surface area (Å²) in [7, 11) is 0. The van der Waals surface area contributed by atoms with Gasteiger partial charge < -0.3 is 10.0 Å². The van der Waals surface area contributed by atoms with E-state index >= 15 is 0 Å². The molecular weight excluding hydrogens is 262 g/mol. The van der Waals surface area contributed by atoms with Crippen LogP contribution in [-0.4, -0.2) is 46.0 Å². The zero-order valence-electron chi connectivity index (χ0n) is 11.7. The van der Waals surface area contributed by atoms with Crippen LogP contribution >= 0.6 is 11.8 Å². The molecule has 1 amide bonds. The van der Waals surface area contributed by atoms with E-state index in [2.05, 4.69) is 0 Å². The number of carbonyl (C=O) groups is 2. The van der Waals surface area contributed by atoms with Crippen molar-refractivity contribution in [3.63, 3.8) is 0 Å². The average Bonchev–Trinajstić information content (AvgIpc) is 2.77. The van der Waals surface area contributed by atoms with Crippen LogP contribution in [0.4, 0.5) is 0 Å². The number of likely N-dealkylation sites (tertiary alicyclic amines) is 1. The Balaban J connectivity index is 2.17. The van der Waals surface area contributed by atoms with E-state index in [0.29, 0.717) is 12.3 Å². The maximum atomic E-state index is 12.6. The number of carboxylic acid groups (broad SMARTS) is 1. The number of rotatable bonds is 4. The lowest BCUT2D eigenvalue weighted by Gasteiger charge is -2.34. The van der Waals surface area contributed by atoms with Crippen LogP contribution in [0.5, 0.6) is 0 Å². The van der Waals surface area contributed by atoms with Crippen molar-refractivity contribution in [3.8, 4) is 0 Å². The second-order valence-electron chi connectivity index (χ2n) is 5.80. The van der Waals surface area contributed by atoms with Gasteiger partial charge in [0.25, 0.3) is 0 Å². The summed E-state index contributed by atoms with van der Waals surface area (Å²) in [6, 6.07) is -0.420. The Bertz CT molecular complexity index is 361. The van der Waals surface area contributed by atoms with E-state index in [4.69, 9.17) is 0 Å². The van der Waals surface area contributed by atoms with E-state index in [1.54, 1.807) is 16.7 Å². The molecule has 0 radical (unpaired) electrons. The highest BCUT2D eigenvalue weighted by Gasteiger charge is 2.48. The van der Waals surface area contributed by atoms with E-state index < -0.39 is 12.0 Å². The molecule has 1 heterocycles. The first-order chi connectivity index (χ1) is 9.06. The summed E-state index contributed by atoms with van der Waals surface area (Å²) < 4.78 is 0. The smallest absolute Gasteiger partial charge is 0.326 e. The zero-order valence-corrected chi connectivity index (χ0v) is 12.5. The normalized spacial score (nSPS) is 31.9. The summed E-state index contributed by atoms with van der Waals surface area (Å²) in [5.74, 6) is 0.284. The summed E-state index contributed by atoms with van der Waals surface area (Å²) in [6.07, 6.45) is 6.98. The molecule has 0 bridgehead atoms. The number of hydrogen-bond donors (Lipinski definition) is 1. The maximum absolute atomic E-state index is 12.6. The third-order valence-electron chi connectivity index (χ3n) is 4.47. The van der Waals surface area contributed by atoms with Gasteiger partial charge in [-0.05, 0) is 31.4 Å². The van der Waals surface area contributed by atoms with Crippen LogP contribution in [0.3, 0.4) is 0 Å². The Morgan fingerprint density at radius 1 is 1.37 bits per heavy atom. The lowest BCUT2D eigenvalue weighted by atomic mass is 9.84. The van der Waals surface area contributed by atoms with Gasteiger partial charge in [0.1, 0.15) is 6.04 Å². The molecule has 19 heavy (non-hydrogen) atoms. The van der Waals surface area contributed by atoms with Crippen LogP contribution in [0.2, 0.25) is 0 Å². The van der Waals surface area contributed by atoms with Crippen molar-refractivity contribution in [2.45, 2.75) is 51.1 Å². The molecule has 2 aliphatic rings. The summed E-state index contributed by atoms with van der Waals surface area (Å²) >= 11 is 1.64. The zero-order chi connectivity index (χ0) is 14.0. The molecule has 2 rings (SSSR count). The number of carbonyl (C=O) groups excluding carboxylic acids is 1. The van der Waals surface area contributed by atoms with E-state index in [1.165, 1.54) is 6.42 Å². The third-order valence-corrected chi connectivity index (χ3v) is 5.30. The Labute approximate surface area is 118 Å². The van der Waals surface area contributed by atoms with Crippen LogP contribution in [0.15, 0.2) is 0 Å². The summed E-state index contributed by atoms with van der Waals surface area (Å²) in [4.78, 5) is 25.7. The van der Waals surface area contributed by atoms with Gasteiger partial charge in [-0.1, -0.05) is 19.8 Å². The fourth-order valence-corrected chi connectivity index (χ4v) is 4.22. The molecule has 1 aliphatic heterocycles. The Hall–Kier alpha value is -0.710. The van der Waals surface area contributed by atoms with Crippen molar-refractivity contribution in [1.82, 2.24) is 4.90 Å². The van der Waals surface area contributed by atoms with E-state index in [0.717, 1.165) is 25.0 Å². The van der Waals surface area contributed by atoms with Crippen molar-refractivity contribution in [2.75, 3.05) is 12.0 Å². The number of amides is 1. The number of carboxylic acids is 1. The monoisotopic (exact) mass is 285 g/mol. The van der Waals surface area contributed by atoms with Gasteiger partial charge in [0.05, 0.1) is 0 Å². The second-order valence-corrected chi connectivity index (χ2v) is 6.71. The van der Waals surface area contributed by atoms with Crippen molar-refractivity contribution in [1.29, 1.82) is 0 Å². The average molecular weight is 285 g/mol. The van der Waals surface area contributed by atoms with E-state index in [9.17, 15) is 14.7 Å². The van der Waals surface area contributed by atoms with Crippen LogP contribution in [0.25, 0.3) is 0 Å². The minimum Gasteiger partial charge on any atom is -0.480 e. The first-order valence-corrected chi connectivity index (χ1v) is 8.49. The molecule has 5 heteroatoms. The maximum Gasteiger partial charge on any atom is 0.326 e. The molecule has 0 spiro atoms. The predicted octanol–water partition coefficient (Wildman–Crippen LogP) is 2.23. The molecular formula is C14H23NO3S. The number of fused-ring (bicyclic) bond motifs is 1. The third kappa shape index (κ3) is 2.91. The standard InChI is InChI=1S/C14H23NO3S/c1-9(8-19-2)13(16)15-11-6-4-3-5-10(11)7-12(15)14(17)18/h9-12H,3-8H2,1-2H3,(H,17,18)/t9-,10+,11-,12-/m0/s1. The van der Waals surface area contributed by atoms with Crippen molar-refractivity contribution < 1.29 is 14.7 Å². The number of nitrogens with zero attached hydrogens (tertiary/aromatic N) is 1. The topological polar surface area (TPSA) is 57.6 Å². The van der Waals surface area contributed by atoms with E-state index in [-0.39, 0.29) is 17.9 Å². The molecule has 1 aliphatic carbocycles. The van der Waals surface area contributed by atoms with Gasteiger partial charge in [-0.15, -0.1) is 0 Å². The van der Waals surface area contributed by atoms with Gasteiger partial charge >= 0.3 is 5.97 Å². The number of aliphatic carboxylic acids is 1. The molecule has 0 aromatic heterocycles. The number of thioether (sulfide) groups is 1. The molecule has 1 N–H and O–H groups in total. The van der Waals surface area contributed by atoms with Crippen LogP contribution in [0, 0.1) is 11.8 Å². The van der Waals surface area contributed by atoms with Gasteiger partial charge in [0, 0.05) is 17.7 Å². The molecule has 0 unspecified atom stereocenters.